The summed E-state index contributed by atoms with van der Waals surface area (Å²) < 4.78 is 50.4. The minimum atomic E-state index is -4.62. The van der Waals surface area contributed by atoms with Crippen LogP contribution < -0.4 is 10.1 Å². The van der Waals surface area contributed by atoms with E-state index in [-0.39, 0.29) is 16.3 Å². The summed E-state index contributed by atoms with van der Waals surface area (Å²) in [7, 11) is 0. The van der Waals surface area contributed by atoms with Crippen LogP contribution in [0.2, 0.25) is 5.02 Å². The highest BCUT2D eigenvalue weighted by Crippen LogP contribution is 2.34. The molecule has 1 aliphatic heterocycles. The Morgan fingerprint density at radius 3 is 2.46 bits per heavy atom. The zero-order valence-electron chi connectivity index (χ0n) is 18.5. The second-order valence-corrected chi connectivity index (χ2v) is 8.34. The first-order valence-corrected chi connectivity index (χ1v) is 11.3. The maximum absolute atomic E-state index is 13.0. The number of hydrogen-bond acceptors (Lipinski definition) is 5. The van der Waals surface area contributed by atoms with E-state index in [0.29, 0.717) is 42.4 Å². The monoisotopic (exact) mass is 506 g/mol. The quantitative estimate of drug-likeness (QED) is 0.359. The summed E-state index contributed by atoms with van der Waals surface area (Å²) in [6.45, 7) is 4.20. The van der Waals surface area contributed by atoms with Gasteiger partial charge in [-0.15, -0.1) is 0 Å². The number of alkyl halides is 3. The molecule has 3 aromatic carbocycles. The van der Waals surface area contributed by atoms with E-state index in [0.717, 1.165) is 31.8 Å². The van der Waals surface area contributed by atoms with Crippen LogP contribution in [0.1, 0.15) is 15.9 Å². The van der Waals surface area contributed by atoms with E-state index in [9.17, 15) is 22.8 Å². The van der Waals surface area contributed by atoms with Crippen molar-refractivity contribution in [2.24, 2.45) is 0 Å². The average Bonchev–Trinajstić information content (AvgIpc) is 2.85. The molecule has 35 heavy (non-hydrogen) atoms. The molecular weight excluding hydrogens is 485 g/mol. The van der Waals surface area contributed by atoms with Gasteiger partial charge in [0.15, 0.2) is 0 Å². The van der Waals surface area contributed by atoms with Crippen LogP contribution >= 0.6 is 11.6 Å². The van der Waals surface area contributed by atoms with Gasteiger partial charge in [-0.3, -0.25) is 14.5 Å². The summed E-state index contributed by atoms with van der Waals surface area (Å²) in [6, 6.07) is 12.6. The molecule has 0 aromatic heterocycles. The van der Waals surface area contributed by atoms with Crippen LogP contribution in [-0.2, 0) is 15.7 Å². The summed E-state index contributed by atoms with van der Waals surface area (Å²) in [6.07, 6.45) is -4.62. The fourth-order valence-corrected chi connectivity index (χ4v) is 3.97. The van der Waals surface area contributed by atoms with Crippen LogP contribution in [0, 0.1) is 0 Å². The number of rotatable bonds is 7. The van der Waals surface area contributed by atoms with Crippen molar-refractivity contribution in [2.75, 3.05) is 44.8 Å². The summed E-state index contributed by atoms with van der Waals surface area (Å²) in [4.78, 5) is 27.8. The van der Waals surface area contributed by atoms with Crippen molar-refractivity contribution in [3.63, 3.8) is 0 Å². The van der Waals surface area contributed by atoms with Gasteiger partial charge in [-0.1, -0.05) is 35.9 Å². The predicted molar refractivity (Wildman–Crippen MR) is 126 cm³/mol. The zero-order chi connectivity index (χ0) is 25.0. The fourth-order valence-electron chi connectivity index (χ4n) is 3.80. The van der Waals surface area contributed by atoms with E-state index in [1.807, 2.05) is 0 Å². The molecule has 1 amide bonds. The standard InChI is InChI=1S/C25H22ClF3N2O4/c26-20-7-5-16(25(27,28)29)15-21(20)30-24(33)23(32)19-6-8-22(18-4-2-1-3-17(18)19)35-14-11-31-9-12-34-13-10-31/h1-8,15H,9-14H2,(H,30,33). The van der Waals surface area contributed by atoms with E-state index in [1.54, 1.807) is 30.3 Å². The predicted octanol–water partition coefficient (Wildman–Crippen LogP) is 5.04. The highest BCUT2D eigenvalue weighted by atomic mass is 35.5. The number of fused-ring (bicyclic) bond motifs is 1. The number of nitrogens with zero attached hydrogens (tertiary/aromatic N) is 1. The van der Waals surface area contributed by atoms with Crippen molar-refractivity contribution >= 4 is 39.8 Å². The van der Waals surface area contributed by atoms with E-state index in [2.05, 4.69) is 10.2 Å². The number of morpholine rings is 1. The highest BCUT2D eigenvalue weighted by Gasteiger charge is 2.31. The number of carbonyl (C=O) groups excluding carboxylic acids is 2. The molecule has 0 atom stereocenters. The Hall–Kier alpha value is -3.14. The first kappa shape index (κ1) is 25.0. The van der Waals surface area contributed by atoms with E-state index in [4.69, 9.17) is 21.1 Å². The average molecular weight is 507 g/mol. The van der Waals surface area contributed by atoms with Gasteiger partial charge in [-0.2, -0.15) is 13.2 Å². The first-order chi connectivity index (χ1) is 16.7. The van der Waals surface area contributed by atoms with Crippen molar-refractivity contribution in [1.82, 2.24) is 4.90 Å². The lowest BCUT2D eigenvalue weighted by Gasteiger charge is -2.26. The molecule has 0 bridgehead atoms. The molecule has 3 aromatic rings. The van der Waals surface area contributed by atoms with Crippen LogP contribution in [0.4, 0.5) is 18.9 Å². The number of nitrogens with one attached hydrogen (secondary N) is 1. The lowest BCUT2D eigenvalue weighted by atomic mass is 10.00. The van der Waals surface area contributed by atoms with Crippen molar-refractivity contribution in [1.29, 1.82) is 0 Å². The van der Waals surface area contributed by atoms with Gasteiger partial charge < -0.3 is 14.8 Å². The molecule has 184 valence electrons. The van der Waals surface area contributed by atoms with Crippen molar-refractivity contribution < 1.29 is 32.2 Å². The normalized spacial score (nSPS) is 14.6. The smallest absolute Gasteiger partial charge is 0.416 e. The second-order valence-electron chi connectivity index (χ2n) is 7.93. The molecule has 0 radical (unpaired) electrons. The van der Waals surface area contributed by atoms with E-state index < -0.39 is 23.4 Å². The summed E-state index contributed by atoms with van der Waals surface area (Å²) in [5.74, 6) is -1.45. The number of amides is 1. The summed E-state index contributed by atoms with van der Waals surface area (Å²) >= 11 is 5.94. The van der Waals surface area contributed by atoms with Gasteiger partial charge in [-0.05, 0) is 35.7 Å². The molecule has 1 aliphatic rings. The Labute approximate surface area is 204 Å². The highest BCUT2D eigenvalue weighted by molar-refractivity contribution is 6.49. The minimum absolute atomic E-state index is 0.0988. The molecule has 0 spiro atoms. The Kier molecular flexibility index (Phi) is 7.59. The first-order valence-electron chi connectivity index (χ1n) is 10.9. The van der Waals surface area contributed by atoms with Crippen molar-refractivity contribution in [3.05, 3.63) is 70.7 Å². The van der Waals surface area contributed by atoms with Crippen molar-refractivity contribution in [2.45, 2.75) is 6.18 Å². The Morgan fingerprint density at radius 1 is 1.03 bits per heavy atom. The van der Waals surface area contributed by atoms with Gasteiger partial charge in [0.2, 0.25) is 0 Å². The summed E-state index contributed by atoms with van der Waals surface area (Å²) in [5, 5.41) is 3.22. The van der Waals surface area contributed by atoms with E-state index in [1.165, 1.54) is 6.07 Å². The lowest BCUT2D eigenvalue weighted by molar-refractivity contribution is -0.137. The van der Waals surface area contributed by atoms with Crippen LogP contribution in [-0.4, -0.2) is 56.0 Å². The van der Waals surface area contributed by atoms with Gasteiger partial charge in [0.05, 0.1) is 29.5 Å². The number of carbonyl (C=O) groups is 2. The fraction of sp³-hybridized carbons (Fsp3) is 0.280. The van der Waals surface area contributed by atoms with Gasteiger partial charge >= 0.3 is 6.18 Å². The Bertz CT molecular complexity index is 1240. The maximum atomic E-state index is 13.0. The SMILES string of the molecule is O=C(Nc1cc(C(F)(F)F)ccc1Cl)C(=O)c1ccc(OCCN2CCOCC2)c2ccccc12. The topological polar surface area (TPSA) is 67.9 Å². The van der Waals surface area contributed by atoms with Crippen LogP contribution in [0.5, 0.6) is 5.75 Å². The third kappa shape index (κ3) is 5.93. The number of hydrogen-bond donors (Lipinski definition) is 1. The molecule has 1 heterocycles. The number of ether oxygens (including phenoxy) is 2. The Morgan fingerprint density at radius 2 is 1.74 bits per heavy atom. The minimum Gasteiger partial charge on any atom is -0.492 e. The van der Waals surface area contributed by atoms with Gasteiger partial charge in [0, 0.05) is 30.6 Å². The van der Waals surface area contributed by atoms with Crippen LogP contribution in [0.15, 0.2) is 54.6 Å². The van der Waals surface area contributed by atoms with Crippen LogP contribution in [0.25, 0.3) is 10.8 Å². The van der Waals surface area contributed by atoms with E-state index >= 15 is 0 Å². The third-order valence-corrected chi connectivity index (χ3v) is 5.98. The third-order valence-electron chi connectivity index (χ3n) is 5.65. The molecular formula is C25H22ClF3N2O4. The number of halogens is 4. The molecule has 1 fully saturated rings. The Balaban J connectivity index is 1.52. The molecule has 6 nitrogen and oxygen atoms in total. The van der Waals surface area contributed by atoms with Gasteiger partial charge in [0.25, 0.3) is 11.7 Å². The maximum Gasteiger partial charge on any atom is 0.416 e. The molecule has 1 N–H and O–H groups in total. The van der Waals surface area contributed by atoms with Gasteiger partial charge in [0.1, 0.15) is 12.4 Å². The lowest BCUT2D eigenvalue weighted by Crippen LogP contribution is -2.38. The van der Waals surface area contributed by atoms with Gasteiger partial charge in [-0.25, -0.2) is 0 Å². The largest absolute Gasteiger partial charge is 0.492 e. The molecule has 0 aliphatic carbocycles. The molecule has 0 unspecified atom stereocenters. The zero-order valence-corrected chi connectivity index (χ0v) is 19.3. The molecule has 1 saturated heterocycles. The molecule has 0 saturated carbocycles. The number of anilines is 1. The van der Waals surface area contributed by atoms with Crippen molar-refractivity contribution in [3.8, 4) is 5.75 Å². The molecule has 4 rings (SSSR count). The number of benzene rings is 3. The van der Waals surface area contributed by atoms with Crippen LogP contribution in [0.3, 0.4) is 0 Å². The molecule has 10 heteroatoms. The summed E-state index contributed by atoms with van der Waals surface area (Å²) in [5.41, 5.74) is -1.19. The number of ketones is 1. The number of Topliss-reactive ketones (excluding diaryl/α,β-unsaturated/α-hetero) is 1. The second kappa shape index (κ2) is 10.6.